The van der Waals surface area contributed by atoms with Crippen LogP contribution in [0.1, 0.15) is 29.5 Å². The summed E-state index contributed by atoms with van der Waals surface area (Å²) in [5.41, 5.74) is 8.67. The van der Waals surface area contributed by atoms with Crippen molar-refractivity contribution < 1.29 is 14.3 Å². The Morgan fingerprint density at radius 3 is 2.60 bits per heavy atom. The third-order valence-electron chi connectivity index (χ3n) is 4.51. The van der Waals surface area contributed by atoms with Gasteiger partial charge in [0, 0.05) is 6.54 Å². The Bertz CT molecular complexity index is 607. The quantitative estimate of drug-likeness (QED) is 0.728. The smallest absolute Gasteiger partial charge is 0.231 e. The van der Waals surface area contributed by atoms with Gasteiger partial charge in [-0.15, -0.1) is 0 Å². The molecule has 138 valence electrons. The van der Waals surface area contributed by atoms with Gasteiger partial charge in [0.25, 0.3) is 0 Å². The lowest BCUT2D eigenvalue weighted by Gasteiger charge is -2.30. The number of aryl methyl sites for hydroxylation is 3. The van der Waals surface area contributed by atoms with Gasteiger partial charge < -0.3 is 15.8 Å². The fourth-order valence-corrected chi connectivity index (χ4v) is 3.50. The van der Waals surface area contributed by atoms with Crippen molar-refractivity contribution in [1.29, 1.82) is 0 Å². The minimum Gasteiger partial charge on any atom is -0.491 e. The van der Waals surface area contributed by atoms with Crippen LogP contribution in [0, 0.1) is 26.7 Å². The van der Waals surface area contributed by atoms with Crippen molar-refractivity contribution in [2.45, 2.75) is 33.6 Å². The van der Waals surface area contributed by atoms with E-state index in [1.54, 1.807) is 0 Å². The summed E-state index contributed by atoms with van der Waals surface area (Å²) in [7, 11) is 0. The predicted octanol–water partition coefficient (Wildman–Crippen LogP) is 1.30. The number of nitrogens with zero attached hydrogens (tertiary/aromatic N) is 1. The largest absolute Gasteiger partial charge is 0.491 e. The number of amides is 2. The first-order valence-corrected chi connectivity index (χ1v) is 8.86. The van der Waals surface area contributed by atoms with Crippen LogP contribution in [0.3, 0.4) is 0 Å². The normalized spacial score (nSPS) is 18.0. The van der Waals surface area contributed by atoms with Crippen LogP contribution in [0.2, 0.25) is 0 Å². The van der Waals surface area contributed by atoms with E-state index in [0.717, 1.165) is 36.3 Å². The number of hydrogen-bond acceptors (Lipinski definition) is 4. The van der Waals surface area contributed by atoms with E-state index in [1.807, 2.05) is 18.7 Å². The van der Waals surface area contributed by atoms with Gasteiger partial charge in [0.15, 0.2) is 0 Å². The maximum atomic E-state index is 12.3. The molecule has 0 unspecified atom stereocenters. The van der Waals surface area contributed by atoms with Crippen molar-refractivity contribution >= 4 is 11.8 Å². The second kappa shape index (κ2) is 8.85. The van der Waals surface area contributed by atoms with Crippen LogP contribution >= 0.6 is 0 Å². The Kier molecular flexibility index (Phi) is 6.82. The number of rotatable bonds is 7. The first-order valence-electron chi connectivity index (χ1n) is 8.86. The second-order valence-electron chi connectivity index (χ2n) is 6.91. The molecule has 1 heterocycles. The molecule has 0 aliphatic carbocycles. The average molecular weight is 347 g/mol. The molecule has 1 aliphatic heterocycles. The zero-order chi connectivity index (χ0) is 18.4. The molecular formula is C19H29N3O3. The van der Waals surface area contributed by atoms with E-state index in [-0.39, 0.29) is 24.3 Å². The molecular weight excluding hydrogens is 318 g/mol. The summed E-state index contributed by atoms with van der Waals surface area (Å²) in [5, 5.41) is 2.94. The third-order valence-corrected chi connectivity index (χ3v) is 4.51. The molecule has 1 aromatic rings. The van der Waals surface area contributed by atoms with Gasteiger partial charge in [-0.2, -0.15) is 0 Å². The lowest BCUT2D eigenvalue weighted by molar-refractivity contribution is -0.128. The first kappa shape index (κ1) is 19.2. The van der Waals surface area contributed by atoms with Gasteiger partial charge in [-0.1, -0.05) is 17.7 Å². The van der Waals surface area contributed by atoms with Crippen molar-refractivity contribution in [3.05, 3.63) is 28.8 Å². The van der Waals surface area contributed by atoms with E-state index in [9.17, 15) is 9.59 Å². The highest BCUT2D eigenvalue weighted by atomic mass is 16.5. The van der Waals surface area contributed by atoms with Crippen LogP contribution in [-0.2, 0) is 9.59 Å². The molecule has 0 bridgehead atoms. The molecule has 1 saturated heterocycles. The fraction of sp³-hybridized carbons (Fsp3) is 0.579. The van der Waals surface area contributed by atoms with Crippen molar-refractivity contribution in [3.8, 4) is 5.75 Å². The summed E-state index contributed by atoms with van der Waals surface area (Å²) in [6.07, 6.45) is 1.75. The number of carbonyl (C=O) groups is 2. The lowest BCUT2D eigenvalue weighted by Crippen LogP contribution is -2.46. The zero-order valence-corrected chi connectivity index (χ0v) is 15.4. The van der Waals surface area contributed by atoms with Gasteiger partial charge in [0.1, 0.15) is 12.4 Å². The van der Waals surface area contributed by atoms with E-state index in [4.69, 9.17) is 10.5 Å². The van der Waals surface area contributed by atoms with Gasteiger partial charge in [0.05, 0.1) is 19.0 Å². The Morgan fingerprint density at radius 1 is 1.28 bits per heavy atom. The average Bonchev–Trinajstić information content (AvgIpc) is 2.52. The van der Waals surface area contributed by atoms with E-state index in [2.05, 4.69) is 24.4 Å². The summed E-state index contributed by atoms with van der Waals surface area (Å²) in [5.74, 6) is 0.481. The monoisotopic (exact) mass is 347 g/mol. The predicted molar refractivity (Wildman–Crippen MR) is 97.5 cm³/mol. The molecule has 0 spiro atoms. The topological polar surface area (TPSA) is 84.7 Å². The Hall–Kier alpha value is -2.08. The molecule has 1 aromatic carbocycles. The third kappa shape index (κ3) is 5.74. The fourth-order valence-electron chi connectivity index (χ4n) is 3.50. The molecule has 1 aliphatic rings. The standard InChI is InChI=1S/C19H29N3O3/c1-13-9-14(2)18(15(3)10-13)25-8-6-21-19(24)16-5-4-7-22(11-16)12-17(20)23/h9-10,16H,4-8,11-12H2,1-3H3,(H2,20,23)(H,21,24)/t16-/m1/s1. The van der Waals surface area contributed by atoms with Crippen molar-refractivity contribution in [3.63, 3.8) is 0 Å². The van der Waals surface area contributed by atoms with Crippen molar-refractivity contribution in [2.75, 3.05) is 32.8 Å². The number of nitrogens with one attached hydrogen (secondary N) is 1. The van der Waals surface area contributed by atoms with Crippen LogP contribution in [0.25, 0.3) is 0 Å². The maximum Gasteiger partial charge on any atom is 0.231 e. The van der Waals surface area contributed by atoms with Gasteiger partial charge in [-0.25, -0.2) is 0 Å². The van der Waals surface area contributed by atoms with Crippen LogP contribution < -0.4 is 15.8 Å². The number of carbonyl (C=O) groups excluding carboxylic acids is 2. The number of piperidine rings is 1. The molecule has 0 aromatic heterocycles. The van der Waals surface area contributed by atoms with Crippen LogP contribution in [0.5, 0.6) is 5.75 Å². The summed E-state index contributed by atoms with van der Waals surface area (Å²) in [4.78, 5) is 25.3. The summed E-state index contributed by atoms with van der Waals surface area (Å²) in [6, 6.07) is 4.19. The summed E-state index contributed by atoms with van der Waals surface area (Å²) < 4.78 is 5.85. The zero-order valence-electron chi connectivity index (χ0n) is 15.4. The molecule has 2 rings (SSSR count). The molecule has 25 heavy (non-hydrogen) atoms. The van der Waals surface area contributed by atoms with Gasteiger partial charge >= 0.3 is 0 Å². The highest BCUT2D eigenvalue weighted by molar-refractivity contribution is 5.79. The number of hydrogen-bond donors (Lipinski definition) is 2. The Balaban J connectivity index is 1.76. The SMILES string of the molecule is Cc1cc(C)c(OCCNC(=O)[C@@H]2CCCN(CC(N)=O)C2)c(C)c1. The molecule has 6 heteroatoms. The minimum absolute atomic E-state index is 0.0233. The maximum absolute atomic E-state index is 12.3. The molecule has 0 saturated carbocycles. The number of primary amides is 1. The van der Waals surface area contributed by atoms with Crippen molar-refractivity contribution in [1.82, 2.24) is 10.2 Å². The van der Waals surface area contributed by atoms with Crippen LogP contribution in [0.4, 0.5) is 0 Å². The molecule has 1 atom stereocenters. The minimum atomic E-state index is -0.349. The molecule has 2 amide bonds. The number of likely N-dealkylation sites (tertiary alicyclic amines) is 1. The summed E-state index contributed by atoms with van der Waals surface area (Å²) in [6.45, 7) is 8.67. The van der Waals surface area contributed by atoms with E-state index in [1.165, 1.54) is 5.56 Å². The van der Waals surface area contributed by atoms with Crippen LogP contribution in [-0.4, -0.2) is 49.5 Å². The van der Waals surface area contributed by atoms with E-state index >= 15 is 0 Å². The first-order chi connectivity index (χ1) is 11.9. The van der Waals surface area contributed by atoms with E-state index in [0.29, 0.717) is 19.7 Å². The number of ether oxygens (including phenoxy) is 1. The number of nitrogens with two attached hydrogens (primary N) is 1. The Morgan fingerprint density at radius 2 is 1.96 bits per heavy atom. The molecule has 3 N–H and O–H groups in total. The van der Waals surface area contributed by atoms with Gasteiger partial charge in [-0.05, 0) is 51.3 Å². The van der Waals surface area contributed by atoms with Gasteiger partial charge in [-0.3, -0.25) is 14.5 Å². The summed E-state index contributed by atoms with van der Waals surface area (Å²) >= 11 is 0. The van der Waals surface area contributed by atoms with Crippen molar-refractivity contribution in [2.24, 2.45) is 11.7 Å². The molecule has 1 fully saturated rings. The second-order valence-corrected chi connectivity index (χ2v) is 6.91. The molecule has 6 nitrogen and oxygen atoms in total. The van der Waals surface area contributed by atoms with Gasteiger partial charge in [0.2, 0.25) is 11.8 Å². The number of benzene rings is 1. The van der Waals surface area contributed by atoms with E-state index < -0.39 is 0 Å². The highest BCUT2D eigenvalue weighted by Gasteiger charge is 2.26. The highest BCUT2D eigenvalue weighted by Crippen LogP contribution is 2.24. The Labute approximate surface area is 149 Å². The molecule has 0 radical (unpaired) electrons. The lowest BCUT2D eigenvalue weighted by atomic mass is 9.97. The van der Waals surface area contributed by atoms with Crippen LogP contribution in [0.15, 0.2) is 12.1 Å².